The lowest BCUT2D eigenvalue weighted by molar-refractivity contribution is -0.385. The van der Waals surface area contributed by atoms with Gasteiger partial charge in [-0.2, -0.15) is 0 Å². The normalized spacial score (nSPS) is 10.0. The molecule has 0 aliphatic rings. The fraction of sp³-hybridized carbons (Fsp3) is 0.400. The Balaban J connectivity index is 3.14. The molecule has 13 heavy (non-hydrogen) atoms. The minimum atomic E-state index is -0.335. The molecule has 0 saturated carbocycles. The first-order valence-electron chi connectivity index (χ1n) is 4.44. The van der Waals surface area contributed by atoms with E-state index in [1.54, 1.807) is 12.1 Å². The van der Waals surface area contributed by atoms with E-state index in [-0.39, 0.29) is 10.6 Å². The summed E-state index contributed by atoms with van der Waals surface area (Å²) in [5.41, 5.74) is 2.27. The Morgan fingerprint density at radius 2 is 1.62 bits per heavy atom. The number of rotatable bonds is 3. The van der Waals surface area contributed by atoms with Crippen LogP contribution in [0.15, 0.2) is 18.2 Å². The number of nitrogens with zero attached hydrogens (tertiary/aromatic N) is 1. The molecule has 70 valence electrons. The first-order chi connectivity index (χ1) is 6.17. The third-order valence-corrected chi connectivity index (χ3v) is 2.06. The Kier molecular flexibility index (Phi) is 3.01. The molecule has 0 saturated heterocycles. The molecule has 0 N–H and O–H groups in total. The highest BCUT2D eigenvalue weighted by atomic mass is 16.6. The van der Waals surface area contributed by atoms with Crippen molar-refractivity contribution in [3.63, 3.8) is 0 Å². The lowest BCUT2D eigenvalue weighted by atomic mass is 10.1. The van der Waals surface area contributed by atoms with E-state index < -0.39 is 0 Å². The van der Waals surface area contributed by atoms with Crippen LogP contribution in [0.3, 0.4) is 0 Å². The van der Waals surface area contributed by atoms with Crippen LogP contribution in [0.4, 0.5) is 5.69 Å². The second-order valence-corrected chi connectivity index (χ2v) is 2.97. The molecular formula is C10H13NO2. The quantitative estimate of drug-likeness (QED) is 0.529. The van der Waals surface area contributed by atoms with Crippen molar-refractivity contribution in [3.8, 4) is 0 Å². The second kappa shape index (κ2) is 4.03. The largest absolute Gasteiger partial charge is 0.269 e. The Morgan fingerprint density at radius 3 is 1.92 bits per heavy atom. The summed E-state index contributed by atoms with van der Waals surface area (Å²) in [6.07, 6.45) is 1.68. The van der Waals surface area contributed by atoms with E-state index in [0.717, 1.165) is 24.0 Å². The summed E-state index contributed by atoms with van der Waals surface area (Å²) in [7, 11) is 0. The van der Waals surface area contributed by atoms with Crippen molar-refractivity contribution < 1.29 is 4.92 Å². The average Bonchev–Trinajstić information content (AvgIpc) is 2.16. The van der Waals surface area contributed by atoms with Crippen LogP contribution in [0.1, 0.15) is 25.0 Å². The number of nitro groups is 1. The van der Waals surface area contributed by atoms with Gasteiger partial charge in [-0.15, -0.1) is 0 Å². The summed E-state index contributed by atoms with van der Waals surface area (Å²) < 4.78 is 0. The van der Waals surface area contributed by atoms with Gasteiger partial charge in [-0.25, -0.2) is 0 Å². The van der Waals surface area contributed by atoms with Gasteiger partial charge in [-0.1, -0.05) is 19.9 Å². The van der Waals surface area contributed by atoms with Gasteiger partial charge in [0.2, 0.25) is 0 Å². The molecule has 0 aliphatic heterocycles. The molecule has 3 heteroatoms. The molecule has 1 aromatic carbocycles. The molecule has 0 amide bonds. The van der Waals surface area contributed by atoms with E-state index in [1.165, 1.54) is 0 Å². The molecule has 0 heterocycles. The number of hydrogen-bond acceptors (Lipinski definition) is 2. The van der Waals surface area contributed by atoms with E-state index >= 15 is 0 Å². The maximum absolute atomic E-state index is 10.5. The van der Waals surface area contributed by atoms with E-state index in [4.69, 9.17) is 0 Å². The highest BCUT2D eigenvalue weighted by Crippen LogP contribution is 2.17. The molecule has 0 spiro atoms. The van der Waals surface area contributed by atoms with Crippen LogP contribution >= 0.6 is 0 Å². The fourth-order valence-electron chi connectivity index (χ4n) is 1.26. The molecule has 1 aromatic rings. The predicted octanol–water partition coefficient (Wildman–Crippen LogP) is 2.72. The van der Waals surface area contributed by atoms with E-state index in [9.17, 15) is 10.1 Å². The van der Waals surface area contributed by atoms with Gasteiger partial charge in [0.05, 0.1) is 4.92 Å². The molecule has 0 bridgehead atoms. The summed E-state index contributed by atoms with van der Waals surface area (Å²) in [5, 5.41) is 10.5. The van der Waals surface area contributed by atoms with Crippen LogP contribution in [0, 0.1) is 10.1 Å². The maximum Gasteiger partial charge on any atom is 0.269 e. The molecule has 3 nitrogen and oxygen atoms in total. The number of non-ortho nitro benzene ring substituents is 1. The van der Waals surface area contributed by atoms with Crippen molar-refractivity contribution >= 4 is 5.69 Å². The van der Waals surface area contributed by atoms with Gasteiger partial charge in [0, 0.05) is 12.1 Å². The first kappa shape index (κ1) is 9.71. The predicted molar refractivity (Wildman–Crippen MR) is 51.9 cm³/mol. The van der Waals surface area contributed by atoms with E-state index in [0.29, 0.717) is 0 Å². The zero-order valence-electron chi connectivity index (χ0n) is 7.91. The minimum absolute atomic E-state index is 0.205. The van der Waals surface area contributed by atoms with Crippen LogP contribution in [-0.4, -0.2) is 4.92 Å². The highest BCUT2D eigenvalue weighted by molar-refractivity contribution is 5.39. The van der Waals surface area contributed by atoms with Crippen LogP contribution < -0.4 is 0 Å². The van der Waals surface area contributed by atoms with Crippen molar-refractivity contribution in [1.29, 1.82) is 0 Å². The second-order valence-electron chi connectivity index (χ2n) is 2.97. The number of nitro benzene ring substituents is 1. The van der Waals surface area contributed by atoms with Gasteiger partial charge in [0.25, 0.3) is 5.69 Å². The minimum Gasteiger partial charge on any atom is -0.258 e. The number of benzene rings is 1. The van der Waals surface area contributed by atoms with Crippen molar-refractivity contribution in [2.45, 2.75) is 26.7 Å². The lowest BCUT2D eigenvalue weighted by Gasteiger charge is -2.01. The molecule has 1 rings (SSSR count). The third-order valence-electron chi connectivity index (χ3n) is 2.06. The van der Waals surface area contributed by atoms with Crippen molar-refractivity contribution in [1.82, 2.24) is 0 Å². The zero-order chi connectivity index (χ0) is 9.84. The molecule has 0 fully saturated rings. The Labute approximate surface area is 77.5 Å². The van der Waals surface area contributed by atoms with E-state index in [2.05, 4.69) is 0 Å². The summed E-state index contributed by atoms with van der Waals surface area (Å²) in [6.45, 7) is 4.00. The van der Waals surface area contributed by atoms with Gasteiger partial charge in [-0.3, -0.25) is 10.1 Å². The monoisotopic (exact) mass is 179 g/mol. The third kappa shape index (κ3) is 2.28. The first-order valence-corrected chi connectivity index (χ1v) is 4.44. The molecule has 0 radical (unpaired) electrons. The summed E-state index contributed by atoms with van der Waals surface area (Å²) in [4.78, 5) is 10.2. The zero-order valence-corrected chi connectivity index (χ0v) is 7.91. The summed E-state index contributed by atoms with van der Waals surface area (Å²) in [6, 6.07) is 5.30. The highest BCUT2D eigenvalue weighted by Gasteiger charge is 2.07. The molecule has 0 atom stereocenters. The van der Waals surface area contributed by atoms with Gasteiger partial charge < -0.3 is 0 Å². The van der Waals surface area contributed by atoms with Crippen molar-refractivity contribution in [2.24, 2.45) is 0 Å². The van der Waals surface area contributed by atoms with Crippen LogP contribution in [-0.2, 0) is 12.8 Å². The molecule has 0 aliphatic carbocycles. The van der Waals surface area contributed by atoms with Crippen molar-refractivity contribution in [3.05, 3.63) is 39.4 Å². The Morgan fingerprint density at radius 1 is 1.15 bits per heavy atom. The number of aryl methyl sites for hydroxylation is 2. The van der Waals surface area contributed by atoms with Crippen LogP contribution in [0.25, 0.3) is 0 Å². The van der Waals surface area contributed by atoms with Gasteiger partial charge in [0.15, 0.2) is 0 Å². The molecular weight excluding hydrogens is 166 g/mol. The summed E-state index contributed by atoms with van der Waals surface area (Å²) >= 11 is 0. The van der Waals surface area contributed by atoms with Crippen LogP contribution in [0.5, 0.6) is 0 Å². The SMILES string of the molecule is CCc1cc(CC)cc([N+](=O)[O-])c1. The fourth-order valence-corrected chi connectivity index (χ4v) is 1.26. The molecule has 0 unspecified atom stereocenters. The Hall–Kier alpha value is -1.38. The van der Waals surface area contributed by atoms with Crippen LogP contribution in [0.2, 0.25) is 0 Å². The van der Waals surface area contributed by atoms with Gasteiger partial charge >= 0.3 is 0 Å². The van der Waals surface area contributed by atoms with Gasteiger partial charge in [0.1, 0.15) is 0 Å². The van der Waals surface area contributed by atoms with E-state index in [1.807, 2.05) is 19.9 Å². The topological polar surface area (TPSA) is 43.1 Å². The smallest absolute Gasteiger partial charge is 0.258 e. The molecule has 0 aromatic heterocycles. The van der Waals surface area contributed by atoms with Gasteiger partial charge in [-0.05, 0) is 24.0 Å². The summed E-state index contributed by atoms with van der Waals surface area (Å²) in [5.74, 6) is 0. The maximum atomic E-state index is 10.5. The standard InChI is InChI=1S/C10H13NO2/c1-3-8-5-9(4-2)7-10(6-8)11(12)13/h5-7H,3-4H2,1-2H3. The number of hydrogen-bond donors (Lipinski definition) is 0. The van der Waals surface area contributed by atoms with Crippen molar-refractivity contribution in [2.75, 3.05) is 0 Å². The Bertz CT molecular complexity index is 298. The lowest BCUT2D eigenvalue weighted by Crippen LogP contribution is -1.93. The average molecular weight is 179 g/mol.